The number of ether oxygens (including phenoxy) is 1. The van der Waals surface area contributed by atoms with Crippen LogP contribution in [0.1, 0.15) is 11.1 Å². The average Bonchev–Trinajstić information content (AvgIpc) is 2.16. The summed E-state index contributed by atoms with van der Waals surface area (Å²) < 4.78 is 5.64. The van der Waals surface area contributed by atoms with Crippen molar-refractivity contribution in [2.75, 3.05) is 7.11 Å². The van der Waals surface area contributed by atoms with Gasteiger partial charge in [-0.15, -0.1) is 0 Å². The van der Waals surface area contributed by atoms with Crippen LogP contribution in [0.4, 0.5) is 0 Å². The molecule has 0 aliphatic carbocycles. The van der Waals surface area contributed by atoms with E-state index in [0.29, 0.717) is 21.3 Å². The highest BCUT2D eigenvalue weighted by Crippen LogP contribution is 2.30. The molecule has 0 aliphatic rings. The van der Waals surface area contributed by atoms with Gasteiger partial charge in [-0.05, 0) is 28.1 Å². The number of carboxylic acid groups (broad SMARTS) is 1. The maximum atomic E-state index is 10.6. The van der Waals surface area contributed by atoms with Gasteiger partial charge in [-0.1, -0.05) is 0 Å². The van der Waals surface area contributed by atoms with E-state index >= 15 is 0 Å². The first kappa shape index (κ1) is 11.5. The van der Waals surface area contributed by atoms with E-state index in [2.05, 4.69) is 15.9 Å². The Morgan fingerprint density at radius 1 is 1.67 bits per heavy atom. The summed E-state index contributed by atoms with van der Waals surface area (Å²) in [6.07, 6.45) is -0.169. The van der Waals surface area contributed by atoms with E-state index in [-0.39, 0.29) is 6.42 Å². The highest BCUT2D eigenvalue weighted by atomic mass is 79.9. The molecule has 0 amide bonds. The average molecular weight is 270 g/mol. The van der Waals surface area contributed by atoms with Crippen molar-refractivity contribution in [2.24, 2.45) is 0 Å². The zero-order valence-corrected chi connectivity index (χ0v) is 9.54. The largest absolute Gasteiger partial charge is 0.495 e. The number of benzene rings is 1. The summed E-state index contributed by atoms with van der Waals surface area (Å²) in [6.45, 7) is 0. The van der Waals surface area contributed by atoms with Crippen LogP contribution in [0.25, 0.3) is 0 Å². The van der Waals surface area contributed by atoms with Gasteiger partial charge < -0.3 is 9.84 Å². The van der Waals surface area contributed by atoms with Gasteiger partial charge in [0, 0.05) is 5.56 Å². The topological polar surface area (TPSA) is 70.3 Å². The third-order valence-electron chi connectivity index (χ3n) is 1.80. The van der Waals surface area contributed by atoms with E-state index < -0.39 is 5.97 Å². The van der Waals surface area contributed by atoms with Crippen molar-refractivity contribution >= 4 is 21.9 Å². The number of rotatable bonds is 3. The van der Waals surface area contributed by atoms with Crippen molar-refractivity contribution in [3.8, 4) is 11.8 Å². The zero-order chi connectivity index (χ0) is 11.4. The van der Waals surface area contributed by atoms with E-state index in [1.165, 1.54) is 13.2 Å². The van der Waals surface area contributed by atoms with Gasteiger partial charge >= 0.3 is 5.97 Å². The second-order valence-electron chi connectivity index (χ2n) is 2.83. The van der Waals surface area contributed by atoms with Gasteiger partial charge in [0.2, 0.25) is 0 Å². The van der Waals surface area contributed by atoms with Crippen LogP contribution in [0.5, 0.6) is 5.75 Å². The molecular formula is C10H8BrNO3. The van der Waals surface area contributed by atoms with Gasteiger partial charge in [-0.2, -0.15) is 5.26 Å². The van der Waals surface area contributed by atoms with Crippen LogP contribution in [0.15, 0.2) is 16.6 Å². The van der Waals surface area contributed by atoms with Crippen molar-refractivity contribution < 1.29 is 14.6 Å². The van der Waals surface area contributed by atoms with E-state index in [1.807, 2.05) is 6.07 Å². The van der Waals surface area contributed by atoms with Gasteiger partial charge in [0.15, 0.2) is 0 Å². The summed E-state index contributed by atoms with van der Waals surface area (Å²) in [4.78, 5) is 10.6. The lowest BCUT2D eigenvalue weighted by molar-refractivity contribution is -0.136. The molecule has 1 rings (SSSR count). The van der Waals surface area contributed by atoms with E-state index in [9.17, 15) is 4.79 Å². The SMILES string of the molecule is COc1c(Br)cc(C#N)cc1CC(=O)O. The number of nitrogens with zero attached hydrogens (tertiary/aromatic N) is 1. The Labute approximate surface area is 95.2 Å². The summed E-state index contributed by atoms with van der Waals surface area (Å²) in [7, 11) is 1.46. The summed E-state index contributed by atoms with van der Waals surface area (Å²) in [6, 6.07) is 5.05. The number of nitriles is 1. The van der Waals surface area contributed by atoms with Crippen LogP contribution in [0, 0.1) is 11.3 Å². The quantitative estimate of drug-likeness (QED) is 0.911. The molecule has 0 aliphatic heterocycles. The lowest BCUT2D eigenvalue weighted by Gasteiger charge is -2.09. The minimum Gasteiger partial charge on any atom is -0.495 e. The Hall–Kier alpha value is -1.54. The number of hydrogen-bond donors (Lipinski definition) is 1. The number of carbonyl (C=O) groups is 1. The van der Waals surface area contributed by atoms with Gasteiger partial charge in [-0.25, -0.2) is 0 Å². The van der Waals surface area contributed by atoms with Crippen molar-refractivity contribution in [2.45, 2.75) is 6.42 Å². The third kappa shape index (κ3) is 2.70. The predicted octanol–water partition coefficient (Wildman–Crippen LogP) is 1.96. The molecule has 0 heterocycles. The number of carboxylic acids is 1. The fourth-order valence-electron chi connectivity index (χ4n) is 1.24. The molecule has 0 radical (unpaired) electrons. The molecule has 0 saturated carbocycles. The molecule has 5 heteroatoms. The van der Waals surface area contributed by atoms with Crippen molar-refractivity contribution in [1.82, 2.24) is 0 Å². The molecule has 0 spiro atoms. The van der Waals surface area contributed by atoms with Crippen LogP contribution in [-0.4, -0.2) is 18.2 Å². The van der Waals surface area contributed by atoms with Crippen LogP contribution < -0.4 is 4.74 Å². The maximum absolute atomic E-state index is 10.6. The summed E-state index contributed by atoms with van der Waals surface area (Å²) in [5.41, 5.74) is 0.884. The molecule has 0 atom stereocenters. The predicted molar refractivity (Wildman–Crippen MR) is 56.7 cm³/mol. The lowest BCUT2D eigenvalue weighted by atomic mass is 10.1. The fourth-order valence-corrected chi connectivity index (χ4v) is 1.90. The number of aliphatic carboxylic acids is 1. The Morgan fingerprint density at radius 2 is 2.33 bits per heavy atom. The summed E-state index contributed by atoms with van der Waals surface area (Å²) in [5.74, 6) is -0.508. The van der Waals surface area contributed by atoms with Crippen molar-refractivity contribution in [1.29, 1.82) is 5.26 Å². The second kappa shape index (κ2) is 4.80. The van der Waals surface area contributed by atoms with Gasteiger partial charge in [0.05, 0.1) is 29.6 Å². The van der Waals surface area contributed by atoms with Crippen LogP contribution in [0.3, 0.4) is 0 Å². The summed E-state index contributed by atoms with van der Waals surface area (Å²) in [5, 5.41) is 17.4. The monoisotopic (exact) mass is 269 g/mol. The van der Waals surface area contributed by atoms with Crippen LogP contribution in [-0.2, 0) is 11.2 Å². The van der Waals surface area contributed by atoms with Crippen LogP contribution in [0.2, 0.25) is 0 Å². The van der Waals surface area contributed by atoms with E-state index in [1.54, 1.807) is 6.07 Å². The molecule has 0 fully saturated rings. The lowest BCUT2D eigenvalue weighted by Crippen LogP contribution is -2.03. The Kier molecular flexibility index (Phi) is 3.69. The van der Waals surface area contributed by atoms with Crippen molar-refractivity contribution in [3.05, 3.63) is 27.7 Å². The van der Waals surface area contributed by atoms with E-state index in [4.69, 9.17) is 15.1 Å². The maximum Gasteiger partial charge on any atom is 0.307 e. The molecule has 1 N–H and O–H groups in total. The Balaban J connectivity index is 3.27. The standard InChI is InChI=1S/C10H8BrNO3/c1-15-10-7(4-9(13)14)2-6(5-12)3-8(10)11/h2-3H,4H2,1H3,(H,13,14). The minimum atomic E-state index is -0.963. The molecule has 0 bridgehead atoms. The molecule has 78 valence electrons. The molecule has 1 aromatic carbocycles. The molecule has 1 aromatic rings. The van der Waals surface area contributed by atoms with E-state index in [0.717, 1.165) is 0 Å². The highest BCUT2D eigenvalue weighted by Gasteiger charge is 2.12. The minimum absolute atomic E-state index is 0.169. The first-order chi connectivity index (χ1) is 7.08. The Bertz CT molecular complexity index is 437. The first-order valence-electron chi connectivity index (χ1n) is 4.06. The molecule has 0 aromatic heterocycles. The third-order valence-corrected chi connectivity index (χ3v) is 2.38. The second-order valence-corrected chi connectivity index (χ2v) is 3.69. The number of methoxy groups -OCH3 is 1. The van der Waals surface area contributed by atoms with Crippen molar-refractivity contribution in [3.63, 3.8) is 0 Å². The smallest absolute Gasteiger partial charge is 0.307 e. The fraction of sp³-hybridized carbons (Fsp3) is 0.200. The van der Waals surface area contributed by atoms with Gasteiger partial charge in [-0.3, -0.25) is 4.79 Å². The van der Waals surface area contributed by atoms with Gasteiger partial charge in [0.1, 0.15) is 5.75 Å². The normalized spacial score (nSPS) is 9.40. The molecule has 0 unspecified atom stereocenters. The highest BCUT2D eigenvalue weighted by molar-refractivity contribution is 9.10. The number of hydrogen-bond acceptors (Lipinski definition) is 3. The summed E-state index contributed by atoms with van der Waals surface area (Å²) >= 11 is 3.22. The molecule has 4 nitrogen and oxygen atoms in total. The zero-order valence-electron chi connectivity index (χ0n) is 7.95. The van der Waals surface area contributed by atoms with Gasteiger partial charge in [0.25, 0.3) is 0 Å². The molecule has 0 saturated heterocycles. The molecular weight excluding hydrogens is 262 g/mol. The van der Waals surface area contributed by atoms with Crippen LogP contribution >= 0.6 is 15.9 Å². The molecule has 15 heavy (non-hydrogen) atoms. The first-order valence-corrected chi connectivity index (χ1v) is 4.86. The number of halogens is 1. The Morgan fingerprint density at radius 3 is 2.80 bits per heavy atom.